The van der Waals surface area contributed by atoms with E-state index in [1.54, 1.807) is 5.32 Å². The minimum absolute atomic E-state index is 0.0556. The van der Waals surface area contributed by atoms with E-state index in [1.165, 1.54) is 6.07 Å². The molecule has 1 rings (SSSR count). The minimum Gasteiger partial charge on any atom is -0.479 e. The van der Waals surface area contributed by atoms with Gasteiger partial charge in [-0.05, 0) is 19.1 Å². The van der Waals surface area contributed by atoms with E-state index in [9.17, 15) is 22.8 Å². The van der Waals surface area contributed by atoms with Crippen LogP contribution in [-0.2, 0) is 9.53 Å². The number of halogens is 3. The zero-order valence-corrected chi connectivity index (χ0v) is 10.5. The van der Waals surface area contributed by atoms with Gasteiger partial charge in [0, 0.05) is 6.20 Å². The molecule has 0 aliphatic heterocycles. The topological polar surface area (TPSA) is 88.5 Å². The second kappa shape index (κ2) is 5.35. The molecule has 0 saturated heterocycles. The number of methoxy groups -OCH3 is 1. The first kappa shape index (κ1) is 15.7. The summed E-state index contributed by atoms with van der Waals surface area (Å²) in [5.74, 6) is -3.30. The SMILES string of the molecule is COC(=O)c1ccnc(NC(C)(C(=O)O)C(F)(F)F)c1. The first-order chi connectivity index (χ1) is 9.11. The molecule has 110 valence electrons. The number of pyridine rings is 1. The summed E-state index contributed by atoms with van der Waals surface area (Å²) in [6, 6.07) is 2.20. The van der Waals surface area contributed by atoms with Crippen molar-refractivity contribution in [3.8, 4) is 0 Å². The molecule has 0 spiro atoms. The number of hydrogen-bond donors (Lipinski definition) is 2. The summed E-state index contributed by atoms with van der Waals surface area (Å²) in [6.07, 6.45) is -3.99. The average molecular weight is 292 g/mol. The van der Waals surface area contributed by atoms with Crippen LogP contribution in [0.3, 0.4) is 0 Å². The number of alkyl halides is 3. The number of nitrogens with one attached hydrogen (secondary N) is 1. The van der Waals surface area contributed by atoms with Gasteiger partial charge in [-0.15, -0.1) is 0 Å². The Morgan fingerprint density at radius 1 is 1.40 bits per heavy atom. The molecule has 9 heteroatoms. The van der Waals surface area contributed by atoms with E-state index in [2.05, 4.69) is 9.72 Å². The van der Waals surface area contributed by atoms with Crippen LogP contribution < -0.4 is 5.32 Å². The fourth-order valence-corrected chi connectivity index (χ4v) is 1.25. The van der Waals surface area contributed by atoms with E-state index >= 15 is 0 Å². The number of carbonyl (C=O) groups is 2. The number of carbonyl (C=O) groups excluding carboxylic acids is 1. The molecule has 0 bridgehead atoms. The van der Waals surface area contributed by atoms with Gasteiger partial charge in [-0.2, -0.15) is 13.2 Å². The molecule has 0 aromatic carbocycles. The third kappa shape index (κ3) is 2.98. The molecule has 1 aromatic heterocycles. The van der Waals surface area contributed by atoms with Gasteiger partial charge in [0.1, 0.15) is 5.82 Å². The smallest absolute Gasteiger partial charge is 0.422 e. The summed E-state index contributed by atoms with van der Waals surface area (Å²) in [4.78, 5) is 25.6. The normalized spacial score (nSPS) is 14.2. The van der Waals surface area contributed by atoms with Crippen molar-refractivity contribution in [2.75, 3.05) is 12.4 Å². The zero-order valence-electron chi connectivity index (χ0n) is 10.5. The van der Waals surface area contributed by atoms with Crippen LogP contribution in [0.4, 0.5) is 19.0 Å². The number of aliphatic carboxylic acids is 1. The third-order valence-corrected chi connectivity index (χ3v) is 2.55. The molecule has 1 atom stereocenters. The number of ether oxygens (including phenoxy) is 1. The van der Waals surface area contributed by atoms with Crippen LogP contribution in [0.2, 0.25) is 0 Å². The number of carboxylic acids is 1. The standard InChI is InChI=1S/C11H11F3N2O4/c1-10(9(18)19,11(12,13)14)16-7-5-6(3-4-15-7)8(17)20-2/h3-5H,1-2H3,(H,15,16)(H,18,19). The summed E-state index contributed by atoms with van der Waals surface area (Å²) in [6.45, 7) is 0.460. The van der Waals surface area contributed by atoms with Crippen LogP contribution in [0, 0.1) is 0 Å². The van der Waals surface area contributed by atoms with Gasteiger partial charge in [-0.1, -0.05) is 0 Å². The van der Waals surface area contributed by atoms with Gasteiger partial charge in [0.05, 0.1) is 12.7 Å². The minimum atomic E-state index is -5.05. The van der Waals surface area contributed by atoms with Crippen LogP contribution in [-0.4, -0.2) is 40.9 Å². The highest BCUT2D eigenvalue weighted by Crippen LogP contribution is 2.33. The highest BCUT2D eigenvalue weighted by atomic mass is 19.4. The lowest BCUT2D eigenvalue weighted by Gasteiger charge is -2.29. The Labute approximate surface area is 111 Å². The Hall–Kier alpha value is -2.32. The molecular formula is C11H11F3N2O4. The molecule has 0 fully saturated rings. The van der Waals surface area contributed by atoms with E-state index in [1.807, 2.05) is 0 Å². The number of anilines is 1. The molecule has 20 heavy (non-hydrogen) atoms. The number of nitrogens with zero attached hydrogens (tertiary/aromatic N) is 1. The van der Waals surface area contributed by atoms with Gasteiger partial charge in [0.25, 0.3) is 0 Å². The zero-order chi connectivity index (χ0) is 15.6. The van der Waals surface area contributed by atoms with E-state index in [-0.39, 0.29) is 5.56 Å². The first-order valence-electron chi connectivity index (χ1n) is 5.24. The van der Waals surface area contributed by atoms with Crippen molar-refractivity contribution >= 4 is 17.8 Å². The van der Waals surface area contributed by atoms with Gasteiger partial charge < -0.3 is 15.2 Å². The first-order valence-corrected chi connectivity index (χ1v) is 5.24. The van der Waals surface area contributed by atoms with Gasteiger partial charge >= 0.3 is 18.1 Å². The molecule has 0 amide bonds. The van der Waals surface area contributed by atoms with Crippen molar-refractivity contribution in [3.63, 3.8) is 0 Å². The van der Waals surface area contributed by atoms with E-state index < -0.39 is 29.5 Å². The summed E-state index contributed by atoms with van der Waals surface area (Å²) in [5.41, 5.74) is -3.28. The van der Waals surface area contributed by atoms with Crippen molar-refractivity contribution < 1.29 is 32.6 Å². The van der Waals surface area contributed by atoms with Crippen molar-refractivity contribution in [3.05, 3.63) is 23.9 Å². The Balaban J connectivity index is 3.14. The second-order valence-corrected chi connectivity index (χ2v) is 3.97. The van der Waals surface area contributed by atoms with Crippen LogP contribution in [0.1, 0.15) is 17.3 Å². The lowest BCUT2D eigenvalue weighted by molar-refractivity contribution is -0.192. The number of aromatic nitrogens is 1. The summed E-state index contributed by atoms with van der Waals surface area (Å²) in [7, 11) is 1.10. The molecule has 0 radical (unpaired) electrons. The highest BCUT2D eigenvalue weighted by Gasteiger charge is 2.57. The number of esters is 1. The molecule has 6 nitrogen and oxygen atoms in total. The Kier molecular flexibility index (Phi) is 4.21. The predicted molar refractivity (Wildman–Crippen MR) is 61.3 cm³/mol. The van der Waals surface area contributed by atoms with Crippen LogP contribution in [0.5, 0.6) is 0 Å². The van der Waals surface area contributed by atoms with Crippen molar-refractivity contribution in [1.82, 2.24) is 4.98 Å². The van der Waals surface area contributed by atoms with Gasteiger partial charge in [-0.25, -0.2) is 14.6 Å². The molecule has 0 saturated carbocycles. The van der Waals surface area contributed by atoms with E-state index in [0.717, 1.165) is 19.4 Å². The largest absolute Gasteiger partial charge is 0.479 e. The van der Waals surface area contributed by atoms with Crippen LogP contribution in [0.15, 0.2) is 18.3 Å². The molecular weight excluding hydrogens is 281 g/mol. The third-order valence-electron chi connectivity index (χ3n) is 2.55. The number of rotatable bonds is 4. The Morgan fingerprint density at radius 3 is 2.45 bits per heavy atom. The Bertz CT molecular complexity index is 533. The molecule has 0 aliphatic carbocycles. The lowest BCUT2D eigenvalue weighted by atomic mass is 10.0. The number of carboxylic acid groups (broad SMARTS) is 1. The Morgan fingerprint density at radius 2 is 2.00 bits per heavy atom. The molecule has 1 heterocycles. The quantitative estimate of drug-likeness (QED) is 0.821. The summed E-state index contributed by atoms with van der Waals surface area (Å²) in [5, 5.41) is 10.5. The lowest BCUT2D eigenvalue weighted by Crippen LogP contribution is -2.55. The van der Waals surface area contributed by atoms with Crippen molar-refractivity contribution in [2.45, 2.75) is 18.6 Å². The predicted octanol–water partition coefficient (Wildman–Crippen LogP) is 1.69. The fourth-order valence-electron chi connectivity index (χ4n) is 1.25. The van der Waals surface area contributed by atoms with Gasteiger partial charge in [-0.3, -0.25) is 0 Å². The fraction of sp³-hybridized carbons (Fsp3) is 0.364. The monoisotopic (exact) mass is 292 g/mol. The molecule has 0 aliphatic rings. The van der Waals surface area contributed by atoms with Gasteiger partial charge in [0.2, 0.25) is 5.54 Å². The highest BCUT2D eigenvalue weighted by molar-refractivity contribution is 5.90. The molecule has 1 unspecified atom stereocenters. The maximum atomic E-state index is 12.8. The van der Waals surface area contributed by atoms with E-state index in [0.29, 0.717) is 6.92 Å². The van der Waals surface area contributed by atoms with Crippen molar-refractivity contribution in [2.24, 2.45) is 0 Å². The molecule has 1 aromatic rings. The number of hydrogen-bond acceptors (Lipinski definition) is 5. The maximum absolute atomic E-state index is 12.8. The van der Waals surface area contributed by atoms with Crippen LogP contribution in [0.25, 0.3) is 0 Å². The maximum Gasteiger partial charge on any atom is 0.422 e. The van der Waals surface area contributed by atoms with Gasteiger partial charge in [0.15, 0.2) is 0 Å². The summed E-state index contributed by atoms with van der Waals surface area (Å²) >= 11 is 0. The van der Waals surface area contributed by atoms with Crippen LogP contribution >= 0.6 is 0 Å². The second-order valence-electron chi connectivity index (χ2n) is 3.97. The summed E-state index contributed by atoms with van der Waals surface area (Å²) < 4.78 is 42.8. The van der Waals surface area contributed by atoms with E-state index in [4.69, 9.17) is 5.11 Å². The van der Waals surface area contributed by atoms with Crippen molar-refractivity contribution in [1.29, 1.82) is 0 Å². The molecule has 2 N–H and O–H groups in total. The average Bonchev–Trinajstić information content (AvgIpc) is 2.36.